The summed E-state index contributed by atoms with van der Waals surface area (Å²) in [6.07, 6.45) is 2.11. The number of carbonyl (C=O) groups excluding carboxylic acids is 1. The Morgan fingerprint density at radius 2 is 1.52 bits per heavy atom. The van der Waals surface area contributed by atoms with E-state index in [1.807, 2.05) is 6.07 Å². The first-order valence-corrected chi connectivity index (χ1v) is 10.7. The summed E-state index contributed by atoms with van der Waals surface area (Å²) in [5.41, 5.74) is 5.07. The molecule has 27 heavy (non-hydrogen) atoms. The first-order chi connectivity index (χ1) is 13.1. The zero-order valence-electron chi connectivity index (χ0n) is 16.5. The van der Waals surface area contributed by atoms with Gasteiger partial charge in [0.05, 0.1) is 11.1 Å². The van der Waals surface area contributed by atoms with E-state index in [-0.39, 0.29) is 5.78 Å². The Morgan fingerprint density at radius 1 is 0.889 bits per heavy atom. The van der Waals surface area contributed by atoms with Gasteiger partial charge in [0.2, 0.25) is 0 Å². The van der Waals surface area contributed by atoms with Crippen LogP contribution in [0.3, 0.4) is 0 Å². The van der Waals surface area contributed by atoms with Crippen molar-refractivity contribution in [3.8, 4) is 0 Å². The molecule has 0 unspecified atom stereocenters. The van der Waals surface area contributed by atoms with Gasteiger partial charge in [0.1, 0.15) is 4.83 Å². The molecule has 0 saturated carbocycles. The van der Waals surface area contributed by atoms with Crippen LogP contribution in [0.1, 0.15) is 54.0 Å². The average molecular weight is 379 g/mol. The number of aromatic nitrogens is 2. The van der Waals surface area contributed by atoms with Crippen LogP contribution in [0.15, 0.2) is 35.7 Å². The van der Waals surface area contributed by atoms with Crippen molar-refractivity contribution in [2.45, 2.75) is 53.6 Å². The Hall–Kier alpha value is -2.33. The van der Waals surface area contributed by atoms with Crippen molar-refractivity contribution in [1.29, 1.82) is 0 Å². The maximum absolute atomic E-state index is 13.8. The first-order valence-electron chi connectivity index (χ1n) is 9.78. The third-order valence-corrected chi connectivity index (χ3v) is 6.44. The van der Waals surface area contributed by atoms with Crippen LogP contribution < -0.4 is 0 Å². The first kappa shape index (κ1) is 18.1. The van der Waals surface area contributed by atoms with E-state index in [0.29, 0.717) is 0 Å². The van der Waals surface area contributed by atoms with E-state index in [9.17, 15) is 4.79 Å². The van der Waals surface area contributed by atoms with Crippen molar-refractivity contribution in [2.24, 2.45) is 0 Å². The van der Waals surface area contributed by atoms with Gasteiger partial charge in [-0.1, -0.05) is 32.0 Å². The van der Waals surface area contributed by atoms with Crippen LogP contribution in [0, 0.1) is 13.8 Å². The highest BCUT2D eigenvalue weighted by atomic mass is 32.1. The van der Waals surface area contributed by atoms with Gasteiger partial charge in [0, 0.05) is 40.8 Å². The van der Waals surface area contributed by atoms with Gasteiger partial charge < -0.3 is 9.13 Å². The molecule has 0 spiro atoms. The summed E-state index contributed by atoms with van der Waals surface area (Å²) in [6.45, 7) is 10.4. The topological polar surface area (TPSA) is 26.9 Å². The lowest BCUT2D eigenvalue weighted by Gasteiger charge is -2.08. The maximum Gasteiger partial charge on any atom is 0.197 e. The Bertz CT molecular complexity index is 1140. The second-order valence-electron chi connectivity index (χ2n) is 7.21. The van der Waals surface area contributed by atoms with Gasteiger partial charge >= 0.3 is 0 Å². The zero-order valence-corrected chi connectivity index (χ0v) is 17.3. The number of nitrogens with zero attached hydrogens (tertiary/aromatic N) is 2. The zero-order chi connectivity index (χ0) is 19.1. The molecule has 3 heterocycles. The van der Waals surface area contributed by atoms with Crippen molar-refractivity contribution in [2.75, 3.05) is 0 Å². The predicted molar refractivity (Wildman–Crippen MR) is 115 cm³/mol. The maximum atomic E-state index is 13.8. The molecule has 0 saturated heterocycles. The minimum Gasteiger partial charge on any atom is -0.344 e. The number of thiophene rings is 1. The van der Waals surface area contributed by atoms with Crippen molar-refractivity contribution in [3.05, 3.63) is 58.2 Å². The summed E-state index contributed by atoms with van der Waals surface area (Å²) in [5.74, 6) is 0.161. The summed E-state index contributed by atoms with van der Waals surface area (Å²) >= 11 is 1.73. The molecule has 0 radical (unpaired) electrons. The Kier molecular flexibility index (Phi) is 4.68. The van der Waals surface area contributed by atoms with Crippen LogP contribution in [0.5, 0.6) is 0 Å². The minimum absolute atomic E-state index is 0.161. The van der Waals surface area contributed by atoms with Crippen LogP contribution in [-0.4, -0.2) is 14.9 Å². The number of rotatable bonds is 6. The number of para-hydroxylation sites is 1. The normalized spacial score (nSPS) is 11.7. The molecule has 0 fully saturated rings. The third kappa shape index (κ3) is 2.66. The molecule has 1 aromatic carbocycles. The van der Waals surface area contributed by atoms with Crippen LogP contribution in [0.25, 0.3) is 21.1 Å². The second kappa shape index (κ2) is 7.01. The standard InChI is InChI=1S/C23H26N2OS/c1-5-12-24-15(3)20(17-9-7-8-10-19(17)24)22(26)21-16(4)25(13-6-2)23-18(21)11-14-27-23/h7-11,14H,5-6,12-13H2,1-4H3. The number of hydrogen-bond acceptors (Lipinski definition) is 2. The quantitative estimate of drug-likeness (QED) is 0.360. The fraction of sp³-hybridized carbons (Fsp3) is 0.348. The molecule has 0 aliphatic rings. The second-order valence-corrected chi connectivity index (χ2v) is 8.10. The lowest BCUT2D eigenvalue weighted by atomic mass is 9.99. The molecule has 0 N–H and O–H groups in total. The molecular formula is C23H26N2OS. The number of aryl methyl sites for hydroxylation is 2. The molecule has 0 aliphatic heterocycles. The largest absolute Gasteiger partial charge is 0.344 e. The monoisotopic (exact) mass is 378 g/mol. The van der Waals surface area contributed by atoms with E-state index in [1.54, 1.807) is 11.3 Å². The van der Waals surface area contributed by atoms with Crippen LogP contribution in [0.4, 0.5) is 0 Å². The van der Waals surface area contributed by atoms with Gasteiger partial charge in [0.15, 0.2) is 5.78 Å². The predicted octanol–water partition coefficient (Wildman–Crippen LogP) is 6.33. The van der Waals surface area contributed by atoms with Gasteiger partial charge in [-0.15, -0.1) is 11.3 Å². The van der Waals surface area contributed by atoms with Gasteiger partial charge in [0.25, 0.3) is 0 Å². The molecule has 4 rings (SSSR count). The number of fused-ring (bicyclic) bond motifs is 2. The smallest absolute Gasteiger partial charge is 0.197 e. The minimum atomic E-state index is 0.161. The molecule has 0 aliphatic carbocycles. The average Bonchev–Trinajstić information content (AvgIpc) is 3.30. The van der Waals surface area contributed by atoms with Crippen molar-refractivity contribution < 1.29 is 4.79 Å². The Labute approximate surface area is 164 Å². The van der Waals surface area contributed by atoms with Crippen LogP contribution >= 0.6 is 11.3 Å². The van der Waals surface area contributed by atoms with E-state index in [2.05, 4.69) is 66.5 Å². The molecule has 0 atom stereocenters. The van der Waals surface area contributed by atoms with Gasteiger partial charge in [-0.2, -0.15) is 0 Å². The fourth-order valence-corrected chi connectivity index (χ4v) is 5.30. The summed E-state index contributed by atoms with van der Waals surface area (Å²) in [5, 5.41) is 4.27. The number of hydrogen-bond donors (Lipinski definition) is 0. The number of benzene rings is 1. The van der Waals surface area contributed by atoms with E-state index >= 15 is 0 Å². The lowest BCUT2D eigenvalue weighted by molar-refractivity contribution is 0.104. The number of ketones is 1. The lowest BCUT2D eigenvalue weighted by Crippen LogP contribution is -2.08. The van der Waals surface area contributed by atoms with Crippen LogP contribution in [-0.2, 0) is 13.1 Å². The highest BCUT2D eigenvalue weighted by Gasteiger charge is 2.26. The summed E-state index contributed by atoms with van der Waals surface area (Å²) in [6, 6.07) is 10.4. The van der Waals surface area contributed by atoms with E-state index in [0.717, 1.165) is 64.7 Å². The van der Waals surface area contributed by atoms with Crippen molar-refractivity contribution >= 4 is 38.2 Å². The Balaban J connectivity index is 1.97. The molecule has 3 aromatic heterocycles. The molecular weight excluding hydrogens is 352 g/mol. The highest BCUT2D eigenvalue weighted by Crippen LogP contribution is 2.35. The van der Waals surface area contributed by atoms with Gasteiger partial charge in [-0.3, -0.25) is 4.79 Å². The van der Waals surface area contributed by atoms with Gasteiger partial charge in [-0.25, -0.2) is 0 Å². The highest BCUT2D eigenvalue weighted by molar-refractivity contribution is 7.16. The fourth-order valence-electron chi connectivity index (χ4n) is 4.32. The van der Waals surface area contributed by atoms with E-state index in [4.69, 9.17) is 0 Å². The van der Waals surface area contributed by atoms with Gasteiger partial charge in [-0.05, 0) is 44.2 Å². The molecule has 3 nitrogen and oxygen atoms in total. The Morgan fingerprint density at radius 3 is 2.26 bits per heavy atom. The summed E-state index contributed by atoms with van der Waals surface area (Å²) in [7, 11) is 0. The molecule has 0 amide bonds. The third-order valence-electron chi connectivity index (χ3n) is 5.51. The van der Waals surface area contributed by atoms with Crippen LogP contribution in [0.2, 0.25) is 0 Å². The molecule has 4 aromatic rings. The molecule has 4 heteroatoms. The van der Waals surface area contributed by atoms with Crippen molar-refractivity contribution in [3.63, 3.8) is 0 Å². The SMILES string of the molecule is CCCn1c(C)c(C(=O)c2c(C)n(CCC)c3sccc23)c2ccccc21. The molecule has 140 valence electrons. The molecule has 0 bridgehead atoms. The summed E-state index contributed by atoms with van der Waals surface area (Å²) < 4.78 is 4.61. The number of carbonyl (C=O) groups is 1. The van der Waals surface area contributed by atoms with E-state index < -0.39 is 0 Å². The summed E-state index contributed by atoms with van der Waals surface area (Å²) in [4.78, 5) is 15.0. The van der Waals surface area contributed by atoms with E-state index in [1.165, 1.54) is 4.83 Å². The van der Waals surface area contributed by atoms with Crippen molar-refractivity contribution in [1.82, 2.24) is 9.13 Å².